The Morgan fingerprint density at radius 1 is 1.11 bits per heavy atom. The molecule has 2 aromatic rings. The Balaban J connectivity index is 1.33. The molecule has 2 aromatic carbocycles. The van der Waals surface area contributed by atoms with Gasteiger partial charge in [-0.25, -0.2) is 0 Å². The Morgan fingerprint density at radius 3 is 2.43 bits per heavy atom. The molecule has 2 aliphatic heterocycles. The number of nitrogens with one attached hydrogen (secondary N) is 1. The van der Waals surface area contributed by atoms with Gasteiger partial charge in [0.2, 0.25) is 5.91 Å². The van der Waals surface area contributed by atoms with E-state index in [9.17, 15) is 14.7 Å². The van der Waals surface area contributed by atoms with Crippen LogP contribution in [0.3, 0.4) is 0 Å². The second kappa shape index (κ2) is 9.74. The first-order valence-electron chi connectivity index (χ1n) is 11.9. The van der Waals surface area contributed by atoms with Crippen molar-refractivity contribution < 1.29 is 24.2 Å². The molecule has 1 saturated heterocycles. The summed E-state index contributed by atoms with van der Waals surface area (Å²) < 4.78 is 12.3. The number of hydrogen-bond donors (Lipinski definition) is 2. The first-order chi connectivity index (χ1) is 16.5. The molecule has 2 amide bonds. The summed E-state index contributed by atoms with van der Waals surface area (Å²) in [6, 6.07) is 7.67. The topological polar surface area (TPSA) is 88.1 Å². The van der Waals surface area contributed by atoms with Crippen LogP contribution in [0, 0.1) is 20.8 Å². The fourth-order valence-electron chi connectivity index (χ4n) is 4.86. The van der Waals surface area contributed by atoms with Gasteiger partial charge in [0.1, 0.15) is 29.5 Å². The van der Waals surface area contributed by atoms with Crippen LogP contribution in [0.4, 0.5) is 4.79 Å². The molecule has 188 valence electrons. The zero-order valence-corrected chi connectivity index (χ0v) is 22.0. The number of aromatic hydroxyl groups is 1. The fourth-order valence-corrected chi connectivity index (χ4v) is 5.72. The van der Waals surface area contributed by atoms with E-state index in [1.165, 1.54) is 0 Å². The third-order valence-electron chi connectivity index (χ3n) is 7.16. The summed E-state index contributed by atoms with van der Waals surface area (Å²) in [7, 11) is 2.07. The van der Waals surface area contributed by atoms with E-state index in [0.29, 0.717) is 18.8 Å². The minimum atomic E-state index is -0.373. The molecule has 1 fully saturated rings. The number of thioether (sulfide) groups is 1. The number of rotatable bonds is 8. The Labute approximate surface area is 211 Å². The molecule has 0 aliphatic carbocycles. The highest BCUT2D eigenvalue weighted by molar-refractivity contribution is 8.15. The fraction of sp³-hybridized carbons (Fsp3) is 0.481. The van der Waals surface area contributed by atoms with E-state index < -0.39 is 0 Å². The molecule has 2 N–H and O–H groups in total. The minimum Gasteiger partial charge on any atom is -0.507 e. The zero-order chi connectivity index (χ0) is 25.5. The van der Waals surface area contributed by atoms with Gasteiger partial charge in [-0.2, -0.15) is 0 Å². The Morgan fingerprint density at radius 2 is 1.80 bits per heavy atom. The molecule has 0 radical (unpaired) electrons. The van der Waals surface area contributed by atoms with Gasteiger partial charge in [-0.3, -0.25) is 14.9 Å². The maximum atomic E-state index is 11.8. The van der Waals surface area contributed by atoms with Gasteiger partial charge in [0.25, 0.3) is 5.24 Å². The number of imide groups is 1. The lowest BCUT2D eigenvalue weighted by atomic mass is 9.82. The average Bonchev–Trinajstić information content (AvgIpc) is 3.26. The number of fused-ring (bicyclic) bond motifs is 1. The molecule has 0 spiro atoms. The predicted octanol–water partition coefficient (Wildman–Crippen LogP) is 4.48. The van der Waals surface area contributed by atoms with Gasteiger partial charge in [0, 0.05) is 24.6 Å². The highest BCUT2D eigenvalue weighted by atomic mass is 32.2. The largest absolute Gasteiger partial charge is 0.507 e. The van der Waals surface area contributed by atoms with Gasteiger partial charge < -0.3 is 19.5 Å². The Hall–Kier alpha value is -2.71. The van der Waals surface area contributed by atoms with Crippen LogP contribution in [0.2, 0.25) is 0 Å². The highest BCUT2D eigenvalue weighted by Crippen LogP contribution is 2.51. The van der Waals surface area contributed by atoms with Crippen LogP contribution < -0.4 is 14.8 Å². The van der Waals surface area contributed by atoms with Gasteiger partial charge in [0.15, 0.2) is 0 Å². The molecule has 7 nitrogen and oxygen atoms in total. The summed E-state index contributed by atoms with van der Waals surface area (Å²) >= 11 is 1.04. The number of ether oxygens (including phenoxy) is 2. The molecule has 35 heavy (non-hydrogen) atoms. The first kappa shape index (κ1) is 25.4. The summed E-state index contributed by atoms with van der Waals surface area (Å²) in [5.74, 6) is 1.95. The van der Waals surface area contributed by atoms with Gasteiger partial charge in [0.05, 0.1) is 5.25 Å². The standard InChI is InChI=1S/C27H34N2O5S/c1-15-16(2)24-22(17(3)23(15)30)20(27(4,5)34-24)14-29(6)11-12-33-19-9-7-18(8-10-19)13-21-25(31)28-26(32)35-21/h7-10,20-21,30H,11-14H2,1-6H3,(H,28,31,32). The molecule has 2 atom stereocenters. The lowest BCUT2D eigenvalue weighted by molar-refractivity contribution is -0.118. The molecular weight excluding hydrogens is 464 g/mol. The van der Waals surface area contributed by atoms with Crippen molar-refractivity contribution >= 4 is 22.9 Å². The van der Waals surface area contributed by atoms with E-state index in [4.69, 9.17) is 9.47 Å². The third kappa shape index (κ3) is 5.14. The summed E-state index contributed by atoms with van der Waals surface area (Å²) in [5.41, 5.74) is 4.51. The maximum absolute atomic E-state index is 11.8. The van der Waals surface area contributed by atoms with Gasteiger partial charge in [-0.15, -0.1) is 0 Å². The summed E-state index contributed by atoms with van der Waals surface area (Å²) in [6.45, 7) is 12.2. The van der Waals surface area contributed by atoms with Crippen LogP contribution in [-0.4, -0.2) is 58.7 Å². The summed E-state index contributed by atoms with van der Waals surface area (Å²) in [5, 5.41) is 12.3. The van der Waals surface area contributed by atoms with E-state index in [0.717, 1.165) is 64.2 Å². The summed E-state index contributed by atoms with van der Waals surface area (Å²) in [4.78, 5) is 25.3. The molecule has 2 aliphatic rings. The monoisotopic (exact) mass is 498 g/mol. The van der Waals surface area contributed by atoms with Crippen molar-refractivity contribution in [2.75, 3.05) is 26.7 Å². The molecular formula is C27H34N2O5S. The van der Waals surface area contributed by atoms with E-state index >= 15 is 0 Å². The SMILES string of the molecule is Cc1c(C)c2c(c(C)c1O)C(CN(C)CCOc1ccc(CC3SC(=O)NC3=O)cc1)C(C)(C)O2. The molecule has 4 rings (SSSR count). The van der Waals surface area contributed by atoms with Gasteiger partial charge >= 0.3 is 0 Å². The number of carbonyl (C=O) groups excluding carboxylic acids is 2. The maximum Gasteiger partial charge on any atom is 0.286 e. The van der Waals surface area contributed by atoms with Crippen molar-refractivity contribution in [3.8, 4) is 17.2 Å². The second-order valence-electron chi connectivity index (χ2n) is 10.1. The number of nitrogens with zero attached hydrogens (tertiary/aromatic N) is 1. The van der Waals surface area contributed by atoms with Crippen LogP contribution in [0.5, 0.6) is 17.2 Å². The van der Waals surface area contributed by atoms with E-state index in [-0.39, 0.29) is 27.9 Å². The lowest BCUT2D eigenvalue weighted by Crippen LogP contribution is -2.38. The second-order valence-corrected chi connectivity index (χ2v) is 11.2. The normalized spacial score (nSPS) is 20.7. The van der Waals surface area contributed by atoms with Crippen LogP contribution in [-0.2, 0) is 11.2 Å². The quantitative estimate of drug-likeness (QED) is 0.555. The number of benzene rings is 2. The smallest absolute Gasteiger partial charge is 0.286 e. The average molecular weight is 499 g/mol. The minimum absolute atomic E-state index is 0.129. The molecule has 0 bridgehead atoms. The Kier molecular flexibility index (Phi) is 7.06. The van der Waals surface area contributed by atoms with Crippen molar-refractivity contribution in [1.29, 1.82) is 0 Å². The highest BCUT2D eigenvalue weighted by Gasteiger charge is 2.44. The number of hydrogen-bond acceptors (Lipinski definition) is 7. The Bertz CT molecular complexity index is 1150. The zero-order valence-electron chi connectivity index (χ0n) is 21.2. The van der Waals surface area contributed by atoms with E-state index in [1.54, 1.807) is 0 Å². The third-order valence-corrected chi connectivity index (χ3v) is 8.14. The van der Waals surface area contributed by atoms with E-state index in [2.05, 4.69) is 31.1 Å². The molecule has 2 unspecified atom stereocenters. The molecule has 0 aromatic heterocycles. The summed E-state index contributed by atoms with van der Waals surface area (Å²) in [6.07, 6.45) is 0.514. The lowest BCUT2D eigenvalue weighted by Gasteiger charge is -2.30. The van der Waals surface area contributed by atoms with Gasteiger partial charge in [-0.05, 0) is 82.5 Å². The number of amides is 2. The predicted molar refractivity (Wildman–Crippen MR) is 138 cm³/mol. The van der Waals surface area contributed by atoms with Crippen molar-refractivity contribution in [3.05, 3.63) is 52.1 Å². The van der Waals surface area contributed by atoms with Crippen LogP contribution in [0.1, 0.15) is 47.6 Å². The van der Waals surface area contributed by atoms with Crippen LogP contribution in [0.25, 0.3) is 0 Å². The number of phenols is 1. The van der Waals surface area contributed by atoms with Crippen LogP contribution >= 0.6 is 11.8 Å². The van der Waals surface area contributed by atoms with E-state index in [1.807, 2.05) is 45.0 Å². The molecule has 8 heteroatoms. The van der Waals surface area contributed by atoms with Gasteiger partial charge in [-0.1, -0.05) is 23.9 Å². The van der Waals surface area contributed by atoms with Crippen molar-refractivity contribution in [3.63, 3.8) is 0 Å². The number of phenolic OH excluding ortho intramolecular Hbond substituents is 1. The van der Waals surface area contributed by atoms with Crippen LogP contribution in [0.15, 0.2) is 24.3 Å². The molecule has 2 heterocycles. The molecule has 0 saturated carbocycles. The van der Waals surface area contributed by atoms with Crippen molar-refractivity contribution in [1.82, 2.24) is 10.2 Å². The van der Waals surface area contributed by atoms with Crippen molar-refractivity contribution in [2.45, 2.75) is 57.8 Å². The van der Waals surface area contributed by atoms with Crippen molar-refractivity contribution in [2.24, 2.45) is 0 Å². The number of likely N-dealkylation sites (N-methyl/N-ethyl adjacent to an activating group) is 1. The first-order valence-corrected chi connectivity index (χ1v) is 12.8. The number of carbonyl (C=O) groups is 2.